The standard InChI is InChI=1S/C22H27FN2/c23-21-7-5-18(6-8-21)9-13-24-14-10-19(11-15-24)17-25-16-12-20-3-1-2-4-22(20)25/h1-8,19H,9-17H2. The van der Waals surface area contributed by atoms with Crippen molar-refractivity contribution >= 4 is 5.69 Å². The molecule has 4 rings (SSSR count). The molecule has 1 fully saturated rings. The Labute approximate surface area is 150 Å². The highest BCUT2D eigenvalue weighted by Crippen LogP contribution is 2.30. The summed E-state index contributed by atoms with van der Waals surface area (Å²) in [5, 5.41) is 0. The molecular weight excluding hydrogens is 311 g/mol. The van der Waals surface area contributed by atoms with Crippen molar-refractivity contribution in [3.8, 4) is 0 Å². The summed E-state index contributed by atoms with van der Waals surface area (Å²) >= 11 is 0. The van der Waals surface area contributed by atoms with Crippen molar-refractivity contribution in [2.75, 3.05) is 37.6 Å². The van der Waals surface area contributed by atoms with Gasteiger partial charge in [0.25, 0.3) is 0 Å². The fraction of sp³-hybridized carbons (Fsp3) is 0.455. The highest BCUT2D eigenvalue weighted by Gasteiger charge is 2.24. The van der Waals surface area contributed by atoms with Gasteiger partial charge in [0.1, 0.15) is 5.82 Å². The van der Waals surface area contributed by atoms with Gasteiger partial charge in [0.2, 0.25) is 0 Å². The fourth-order valence-electron chi connectivity index (χ4n) is 4.24. The Balaban J connectivity index is 1.23. The number of likely N-dealkylation sites (tertiary alicyclic amines) is 1. The van der Waals surface area contributed by atoms with Crippen molar-refractivity contribution in [3.63, 3.8) is 0 Å². The number of fused-ring (bicyclic) bond motifs is 1. The van der Waals surface area contributed by atoms with Crippen LogP contribution in [0, 0.1) is 11.7 Å². The topological polar surface area (TPSA) is 6.48 Å². The monoisotopic (exact) mass is 338 g/mol. The third kappa shape index (κ3) is 4.04. The highest BCUT2D eigenvalue weighted by molar-refractivity contribution is 5.57. The maximum Gasteiger partial charge on any atom is 0.123 e. The first kappa shape index (κ1) is 16.6. The van der Waals surface area contributed by atoms with E-state index in [9.17, 15) is 4.39 Å². The average molecular weight is 338 g/mol. The number of hydrogen-bond donors (Lipinski definition) is 0. The molecule has 0 radical (unpaired) electrons. The Bertz CT molecular complexity index is 689. The molecular formula is C22H27FN2. The largest absolute Gasteiger partial charge is 0.371 e. The van der Waals surface area contributed by atoms with Crippen LogP contribution in [0.2, 0.25) is 0 Å². The van der Waals surface area contributed by atoms with Crippen LogP contribution in [-0.4, -0.2) is 37.6 Å². The Morgan fingerprint density at radius 2 is 1.68 bits per heavy atom. The number of para-hydroxylation sites is 1. The van der Waals surface area contributed by atoms with E-state index in [2.05, 4.69) is 34.1 Å². The van der Waals surface area contributed by atoms with Crippen LogP contribution in [-0.2, 0) is 12.8 Å². The van der Waals surface area contributed by atoms with Gasteiger partial charge in [-0.25, -0.2) is 4.39 Å². The van der Waals surface area contributed by atoms with Gasteiger partial charge in [-0.05, 0) is 74.0 Å². The van der Waals surface area contributed by atoms with Crippen molar-refractivity contribution < 1.29 is 4.39 Å². The van der Waals surface area contributed by atoms with Gasteiger partial charge >= 0.3 is 0 Å². The minimum atomic E-state index is -0.145. The Morgan fingerprint density at radius 3 is 2.48 bits per heavy atom. The van der Waals surface area contributed by atoms with E-state index in [0.29, 0.717) is 0 Å². The molecule has 2 aliphatic heterocycles. The summed E-state index contributed by atoms with van der Waals surface area (Å²) in [4.78, 5) is 5.16. The fourth-order valence-corrected chi connectivity index (χ4v) is 4.24. The second kappa shape index (κ2) is 7.57. The molecule has 2 aromatic rings. The van der Waals surface area contributed by atoms with E-state index in [1.165, 1.54) is 62.3 Å². The first-order chi connectivity index (χ1) is 12.3. The third-order valence-corrected chi connectivity index (χ3v) is 5.80. The summed E-state index contributed by atoms with van der Waals surface area (Å²) in [5.41, 5.74) is 4.21. The van der Waals surface area contributed by atoms with Crippen LogP contribution in [0.1, 0.15) is 24.0 Å². The van der Waals surface area contributed by atoms with Crippen molar-refractivity contribution in [1.29, 1.82) is 0 Å². The predicted molar refractivity (Wildman–Crippen MR) is 102 cm³/mol. The SMILES string of the molecule is Fc1ccc(CCN2CCC(CN3CCc4ccccc43)CC2)cc1. The zero-order valence-corrected chi connectivity index (χ0v) is 14.8. The Morgan fingerprint density at radius 1 is 0.920 bits per heavy atom. The van der Waals surface area contributed by atoms with Crippen LogP contribution in [0.4, 0.5) is 10.1 Å². The molecule has 0 aromatic heterocycles. The number of piperidine rings is 1. The molecule has 2 aliphatic rings. The molecule has 0 saturated carbocycles. The van der Waals surface area contributed by atoms with Crippen LogP contribution in [0.25, 0.3) is 0 Å². The lowest BCUT2D eigenvalue weighted by Crippen LogP contribution is -2.39. The smallest absolute Gasteiger partial charge is 0.123 e. The first-order valence-corrected chi connectivity index (χ1v) is 9.57. The summed E-state index contributed by atoms with van der Waals surface area (Å²) in [6.45, 7) is 5.88. The Hall–Kier alpha value is -1.87. The summed E-state index contributed by atoms with van der Waals surface area (Å²) in [6.07, 6.45) is 4.81. The molecule has 1 saturated heterocycles. The van der Waals surface area contributed by atoms with Crippen LogP contribution in [0.5, 0.6) is 0 Å². The normalized spacial score (nSPS) is 18.5. The van der Waals surface area contributed by atoms with E-state index in [-0.39, 0.29) is 5.82 Å². The van der Waals surface area contributed by atoms with Crippen LogP contribution >= 0.6 is 0 Å². The van der Waals surface area contributed by atoms with E-state index in [1.54, 1.807) is 12.1 Å². The van der Waals surface area contributed by atoms with Gasteiger partial charge in [-0.1, -0.05) is 30.3 Å². The molecule has 0 amide bonds. The van der Waals surface area contributed by atoms with Gasteiger partial charge in [0.15, 0.2) is 0 Å². The summed E-state index contributed by atoms with van der Waals surface area (Å²) in [6, 6.07) is 15.8. The van der Waals surface area contributed by atoms with Crippen LogP contribution in [0.3, 0.4) is 0 Å². The van der Waals surface area contributed by atoms with Crippen molar-refractivity contribution in [1.82, 2.24) is 4.90 Å². The molecule has 0 unspecified atom stereocenters. The third-order valence-electron chi connectivity index (χ3n) is 5.80. The lowest BCUT2D eigenvalue weighted by Gasteiger charge is -2.34. The first-order valence-electron chi connectivity index (χ1n) is 9.57. The molecule has 132 valence electrons. The van der Waals surface area contributed by atoms with Gasteiger partial charge in [-0.3, -0.25) is 0 Å². The Kier molecular flexibility index (Phi) is 5.02. The molecule has 2 aromatic carbocycles. The van der Waals surface area contributed by atoms with Crippen molar-refractivity contribution in [2.45, 2.75) is 25.7 Å². The molecule has 0 aliphatic carbocycles. The van der Waals surface area contributed by atoms with Crippen LogP contribution in [0.15, 0.2) is 48.5 Å². The maximum absolute atomic E-state index is 13.0. The molecule has 0 spiro atoms. The molecule has 2 heterocycles. The molecule has 0 atom stereocenters. The maximum atomic E-state index is 13.0. The van der Waals surface area contributed by atoms with Gasteiger partial charge in [-0.15, -0.1) is 0 Å². The van der Waals surface area contributed by atoms with Gasteiger partial charge < -0.3 is 9.80 Å². The predicted octanol–water partition coefficient (Wildman–Crippen LogP) is 4.14. The molecule has 2 nitrogen and oxygen atoms in total. The molecule has 0 bridgehead atoms. The number of halogens is 1. The highest BCUT2D eigenvalue weighted by atomic mass is 19.1. The number of nitrogens with zero attached hydrogens (tertiary/aromatic N) is 2. The number of benzene rings is 2. The summed E-state index contributed by atoms with van der Waals surface area (Å²) in [5.74, 6) is 0.668. The van der Waals surface area contributed by atoms with Gasteiger partial charge in [-0.2, -0.15) is 0 Å². The molecule has 25 heavy (non-hydrogen) atoms. The molecule has 3 heteroatoms. The number of anilines is 1. The van der Waals surface area contributed by atoms with Gasteiger partial charge in [0, 0.05) is 25.3 Å². The van der Waals surface area contributed by atoms with Crippen molar-refractivity contribution in [2.24, 2.45) is 5.92 Å². The van der Waals surface area contributed by atoms with Crippen LogP contribution < -0.4 is 4.90 Å². The lowest BCUT2D eigenvalue weighted by molar-refractivity contribution is 0.188. The van der Waals surface area contributed by atoms with E-state index in [1.807, 2.05) is 12.1 Å². The average Bonchev–Trinajstić information content (AvgIpc) is 3.06. The van der Waals surface area contributed by atoms with Gasteiger partial charge in [0.05, 0.1) is 0 Å². The number of rotatable bonds is 5. The minimum Gasteiger partial charge on any atom is -0.371 e. The van der Waals surface area contributed by atoms with E-state index >= 15 is 0 Å². The summed E-state index contributed by atoms with van der Waals surface area (Å²) < 4.78 is 13.0. The number of hydrogen-bond acceptors (Lipinski definition) is 2. The van der Waals surface area contributed by atoms with E-state index < -0.39 is 0 Å². The second-order valence-corrected chi connectivity index (χ2v) is 7.49. The van der Waals surface area contributed by atoms with E-state index in [0.717, 1.165) is 18.9 Å². The quantitative estimate of drug-likeness (QED) is 0.808. The van der Waals surface area contributed by atoms with E-state index in [4.69, 9.17) is 0 Å². The summed E-state index contributed by atoms with van der Waals surface area (Å²) in [7, 11) is 0. The molecule has 0 N–H and O–H groups in total. The zero-order valence-electron chi connectivity index (χ0n) is 14.8. The van der Waals surface area contributed by atoms with Crippen molar-refractivity contribution in [3.05, 3.63) is 65.5 Å². The minimum absolute atomic E-state index is 0.145. The lowest BCUT2D eigenvalue weighted by atomic mass is 9.95. The zero-order chi connectivity index (χ0) is 17.1. The second-order valence-electron chi connectivity index (χ2n) is 7.49.